The lowest BCUT2D eigenvalue weighted by Gasteiger charge is -2.14. The minimum absolute atomic E-state index is 0.163. The molecule has 0 aliphatic rings. The highest BCUT2D eigenvalue weighted by Crippen LogP contribution is 2.25. The maximum absolute atomic E-state index is 11.8. The van der Waals surface area contributed by atoms with E-state index in [2.05, 4.69) is 14.8 Å². The summed E-state index contributed by atoms with van der Waals surface area (Å²) in [5.41, 5.74) is 0.383. The number of anilines is 1. The number of hydrogen-bond donors (Lipinski definition) is 1. The first-order valence-corrected chi connectivity index (χ1v) is 7.04. The number of methoxy groups -OCH3 is 3. The van der Waals surface area contributed by atoms with Crippen LogP contribution >= 0.6 is 22.6 Å². The number of nitrogens with one attached hydrogen (secondary N) is 1. The van der Waals surface area contributed by atoms with Crippen molar-refractivity contribution in [3.8, 4) is 0 Å². The molecule has 1 aromatic rings. The second kappa shape index (κ2) is 8.37. The molecule has 1 N–H and O–H groups in total. The maximum atomic E-state index is 11.8. The van der Waals surface area contributed by atoms with E-state index in [0.29, 0.717) is 9.26 Å². The van der Waals surface area contributed by atoms with Crippen LogP contribution in [-0.2, 0) is 23.8 Å². The molecule has 0 atom stereocenters. The number of rotatable bonds is 5. The van der Waals surface area contributed by atoms with Gasteiger partial charge in [0.15, 0.2) is 0 Å². The highest BCUT2D eigenvalue weighted by molar-refractivity contribution is 14.1. The normalized spacial score (nSPS) is 10.6. The molecule has 0 fully saturated rings. The van der Waals surface area contributed by atoms with Crippen molar-refractivity contribution < 1.29 is 28.6 Å². The third kappa shape index (κ3) is 4.45. The molecule has 0 saturated carbocycles. The van der Waals surface area contributed by atoms with Crippen LogP contribution in [0.2, 0.25) is 0 Å². The Bertz CT molecular complexity index is 626. The van der Waals surface area contributed by atoms with Crippen molar-refractivity contribution in [2.45, 2.75) is 0 Å². The topological polar surface area (TPSA) is 90.9 Å². The molecule has 0 amide bonds. The quantitative estimate of drug-likeness (QED) is 0.337. The molecule has 7 nitrogen and oxygen atoms in total. The van der Waals surface area contributed by atoms with Crippen LogP contribution in [0.25, 0.3) is 0 Å². The molecule has 0 bridgehead atoms. The minimum atomic E-state index is -0.777. The van der Waals surface area contributed by atoms with Crippen LogP contribution in [0.5, 0.6) is 0 Å². The van der Waals surface area contributed by atoms with Gasteiger partial charge in [-0.3, -0.25) is 0 Å². The van der Waals surface area contributed by atoms with Gasteiger partial charge in [0.25, 0.3) is 0 Å². The fourth-order valence-electron chi connectivity index (χ4n) is 1.50. The zero-order valence-corrected chi connectivity index (χ0v) is 14.3. The van der Waals surface area contributed by atoms with Crippen molar-refractivity contribution in [1.82, 2.24) is 0 Å². The first kappa shape index (κ1) is 18.0. The molecule has 22 heavy (non-hydrogen) atoms. The molecule has 0 radical (unpaired) electrons. The zero-order chi connectivity index (χ0) is 16.7. The molecule has 0 unspecified atom stereocenters. The first-order chi connectivity index (χ1) is 10.4. The van der Waals surface area contributed by atoms with E-state index >= 15 is 0 Å². The van der Waals surface area contributed by atoms with Crippen LogP contribution in [0.15, 0.2) is 30.0 Å². The van der Waals surface area contributed by atoms with Crippen LogP contribution in [0, 0.1) is 3.57 Å². The monoisotopic (exact) mass is 419 g/mol. The summed E-state index contributed by atoms with van der Waals surface area (Å²) in [7, 11) is 3.60. The van der Waals surface area contributed by atoms with Crippen LogP contribution < -0.4 is 5.32 Å². The molecular weight excluding hydrogens is 405 g/mol. The third-order valence-electron chi connectivity index (χ3n) is 2.55. The van der Waals surface area contributed by atoms with E-state index in [1.807, 2.05) is 22.6 Å². The number of para-hydroxylation sites is 1. The van der Waals surface area contributed by atoms with E-state index in [4.69, 9.17) is 4.74 Å². The Morgan fingerprint density at radius 1 is 1.09 bits per heavy atom. The highest BCUT2D eigenvalue weighted by Gasteiger charge is 2.19. The number of hydrogen-bond acceptors (Lipinski definition) is 7. The summed E-state index contributed by atoms with van der Waals surface area (Å²) >= 11 is 1.98. The Morgan fingerprint density at radius 3 is 2.32 bits per heavy atom. The molecule has 0 heterocycles. The van der Waals surface area contributed by atoms with Gasteiger partial charge in [-0.2, -0.15) is 0 Å². The molecule has 8 heteroatoms. The van der Waals surface area contributed by atoms with Crippen LogP contribution in [0.3, 0.4) is 0 Å². The van der Waals surface area contributed by atoms with Crippen molar-refractivity contribution in [1.29, 1.82) is 0 Å². The summed E-state index contributed by atoms with van der Waals surface area (Å²) in [4.78, 5) is 34.9. The maximum Gasteiger partial charge on any atom is 0.354 e. The number of carbonyl (C=O) groups excluding carboxylic acids is 3. The van der Waals surface area contributed by atoms with Gasteiger partial charge in [-0.15, -0.1) is 0 Å². The fourth-order valence-corrected chi connectivity index (χ4v) is 2.13. The average molecular weight is 419 g/mol. The van der Waals surface area contributed by atoms with Crippen molar-refractivity contribution in [2.24, 2.45) is 0 Å². The summed E-state index contributed by atoms with van der Waals surface area (Å²) < 4.78 is 14.4. The Labute approximate surface area is 140 Å². The van der Waals surface area contributed by atoms with E-state index < -0.39 is 17.9 Å². The molecular formula is C14H14INO6. The van der Waals surface area contributed by atoms with Gasteiger partial charge in [0.05, 0.1) is 38.7 Å². The van der Waals surface area contributed by atoms with Crippen molar-refractivity contribution >= 4 is 46.2 Å². The van der Waals surface area contributed by atoms with Gasteiger partial charge in [0, 0.05) is 3.57 Å². The van der Waals surface area contributed by atoms with E-state index in [1.165, 1.54) is 27.4 Å². The van der Waals surface area contributed by atoms with Gasteiger partial charge in [-0.25, -0.2) is 14.4 Å². The summed E-state index contributed by atoms with van der Waals surface area (Å²) in [5.74, 6) is -2.09. The van der Waals surface area contributed by atoms with Crippen molar-refractivity contribution in [2.75, 3.05) is 26.6 Å². The van der Waals surface area contributed by atoms with E-state index in [-0.39, 0.29) is 11.3 Å². The largest absolute Gasteiger partial charge is 0.466 e. The van der Waals surface area contributed by atoms with Gasteiger partial charge < -0.3 is 19.5 Å². The summed E-state index contributed by atoms with van der Waals surface area (Å²) in [5, 5.41) is 2.72. The van der Waals surface area contributed by atoms with E-state index in [9.17, 15) is 14.4 Å². The highest BCUT2D eigenvalue weighted by atomic mass is 127. The van der Waals surface area contributed by atoms with Gasteiger partial charge in [0.1, 0.15) is 5.70 Å². The number of esters is 3. The van der Waals surface area contributed by atoms with Crippen LogP contribution in [0.4, 0.5) is 5.69 Å². The second-order valence-corrected chi connectivity index (χ2v) is 5.01. The lowest BCUT2D eigenvalue weighted by Crippen LogP contribution is -2.18. The number of carbonyl (C=O) groups is 3. The molecule has 0 aliphatic carbocycles. The molecule has 118 valence electrons. The third-order valence-corrected chi connectivity index (χ3v) is 3.45. The molecule has 1 rings (SSSR count). The molecule has 0 saturated heterocycles. The Balaban J connectivity index is 3.29. The molecule has 1 aromatic carbocycles. The predicted octanol–water partition coefficient (Wildman–Crippen LogP) is 1.72. The predicted molar refractivity (Wildman–Crippen MR) is 86.2 cm³/mol. The minimum Gasteiger partial charge on any atom is -0.466 e. The van der Waals surface area contributed by atoms with Crippen molar-refractivity contribution in [3.05, 3.63) is 39.1 Å². The fraction of sp³-hybridized carbons (Fsp3) is 0.214. The van der Waals surface area contributed by atoms with Crippen LogP contribution in [0.1, 0.15) is 10.4 Å². The van der Waals surface area contributed by atoms with Gasteiger partial charge in [-0.05, 0) is 34.7 Å². The van der Waals surface area contributed by atoms with Crippen LogP contribution in [-0.4, -0.2) is 39.2 Å². The van der Waals surface area contributed by atoms with Gasteiger partial charge in [-0.1, -0.05) is 6.07 Å². The molecule has 0 aliphatic heterocycles. The lowest BCUT2D eigenvalue weighted by atomic mass is 10.1. The lowest BCUT2D eigenvalue weighted by molar-refractivity contribution is -0.138. The molecule has 0 spiro atoms. The summed E-state index contributed by atoms with van der Waals surface area (Å²) in [6, 6.07) is 4.92. The van der Waals surface area contributed by atoms with Gasteiger partial charge in [0.2, 0.25) is 0 Å². The van der Waals surface area contributed by atoms with E-state index in [1.54, 1.807) is 12.1 Å². The smallest absolute Gasteiger partial charge is 0.354 e. The van der Waals surface area contributed by atoms with Gasteiger partial charge >= 0.3 is 17.9 Å². The Morgan fingerprint density at radius 2 is 1.77 bits per heavy atom. The summed E-state index contributed by atoms with van der Waals surface area (Å²) in [6.07, 6.45) is 0.940. The van der Waals surface area contributed by atoms with Crippen molar-refractivity contribution in [3.63, 3.8) is 0 Å². The van der Waals surface area contributed by atoms with E-state index in [0.717, 1.165) is 6.08 Å². The second-order valence-electron chi connectivity index (χ2n) is 3.85. The average Bonchev–Trinajstić information content (AvgIpc) is 2.53. The first-order valence-electron chi connectivity index (χ1n) is 5.96. The number of halogens is 1. The molecule has 0 aromatic heterocycles. The Hall–Kier alpha value is -2.10. The standard InChI is InChI=1S/C14H14INO6/c1-20-11(17)7-10(14(19)22-3)16-12-8(13(18)21-2)5-4-6-9(12)15/h4-7,16H,1-3H3/b10-7+. The zero-order valence-electron chi connectivity index (χ0n) is 12.1. The number of ether oxygens (including phenoxy) is 3. The SMILES string of the molecule is COC(=O)/C=C(/Nc1c(I)cccc1C(=O)OC)C(=O)OC. The number of benzene rings is 1. The Kier molecular flexibility index (Phi) is 6.83. The summed E-state index contributed by atoms with van der Waals surface area (Å²) in [6.45, 7) is 0.